The molecular formula is C20H22N2O3S. The Kier molecular flexibility index (Phi) is 4.54. The monoisotopic (exact) mass is 370 g/mol. The first-order valence-corrected chi connectivity index (χ1v) is 10.5. The fourth-order valence-electron chi connectivity index (χ4n) is 3.77. The number of sulfonamides is 1. The topological polar surface area (TPSA) is 57.7 Å². The fourth-order valence-corrected chi connectivity index (χ4v) is 5.31. The minimum Gasteiger partial charge on any atom is -0.299 e. The molecule has 0 atom stereocenters. The van der Waals surface area contributed by atoms with Crippen molar-refractivity contribution in [3.8, 4) is 0 Å². The van der Waals surface area contributed by atoms with Gasteiger partial charge in [-0.15, -0.1) is 0 Å². The molecule has 2 aromatic rings. The van der Waals surface area contributed by atoms with Gasteiger partial charge in [0.2, 0.25) is 0 Å². The molecule has 1 amide bonds. The van der Waals surface area contributed by atoms with E-state index in [-0.39, 0.29) is 17.0 Å². The van der Waals surface area contributed by atoms with Crippen LogP contribution in [0.25, 0.3) is 0 Å². The molecule has 0 aromatic heterocycles. The average molecular weight is 370 g/mol. The molecule has 0 unspecified atom stereocenters. The van der Waals surface area contributed by atoms with Crippen LogP contribution in [0.4, 0.5) is 0 Å². The lowest BCUT2D eigenvalue weighted by Gasteiger charge is -2.27. The van der Waals surface area contributed by atoms with Gasteiger partial charge in [-0.1, -0.05) is 42.8 Å². The van der Waals surface area contributed by atoms with E-state index in [1.807, 2.05) is 24.3 Å². The molecule has 4 rings (SSSR count). The number of rotatable bonds is 4. The van der Waals surface area contributed by atoms with Crippen LogP contribution in [0.3, 0.4) is 0 Å². The van der Waals surface area contributed by atoms with Gasteiger partial charge in [-0.3, -0.25) is 9.69 Å². The summed E-state index contributed by atoms with van der Waals surface area (Å²) in [5.41, 5.74) is 2.25. The first-order valence-electron chi connectivity index (χ1n) is 9.02. The highest BCUT2D eigenvalue weighted by molar-refractivity contribution is 7.90. The van der Waals surface area contributed by atoms with E-state index < -0.39 is 15.9 Å². The van der Waals surface area contributed by atoms with Crippen molar-refractivity contribution in [1.82, 2.24) is 9.21 Å². The highest BCUT2D eigenvalue weighted by Crippen LogP contribution is 2.32. The van der Waals surface area contributed by atoms with Crippen LogP contribution in [0.1, 0.15) is 40.7 Å². The van der Waals surface area contributed by atoms with Gasteiger partial charge in [0, 0.05) is 6.54 Å². The van der Waals surface area contributed by atoms with E-state index in [1.165, 1.54) is 25.3 Å². The number of fused-ring (bicyclic) bond motifs is 1. The van der Waals surface area contributed by atoms with Crippen molar-refractivity contribution in [1.29, 1.82) is 0 Å². The lowest BCUT2D eigenvalue weighted by Crippen LogP contribution is -2.32. The molecule has 0 radical (unpaired) electrons. The summed E-state index contributed by atoms with van der Waals surface area (Å²) in [5.74, 6) is -0.437. The third kappa shape index (κ3) is 3.04. The minimum absolute atomic E-state index is 0.0832. The zero-order chi connectivity index (χ0) is 18.1. The van der Waals surface area contributed by atoms with Crippen LogP contribution in [-0.2, 0) is 23.1 Å². The maximum absolute atomic E-state index is 12.8. The molecule has 1 fully saturated rings. The van der Waals surface area contributed by atoms with Gasteiger partial charge in [-0.05, 0) is 49.2 Å². The summed E-state index contributed by atoms with van der Waals surface area (Å²) in [6.45, 7) is 3.02. The first kappa shape index (κ1) is 17.2. The molecule has 2 aromatic carbocycles. The van der Waals surface area contributed by atoms with Gasteiger partial charge < -0.3 is 0 Å². The van der Waals surface area contributed by atoms with Crippen molar-refractivity contribution in [3.63, 3.8) is 0 Å². The number of hydrogen-bond donors (Lipinski definition) is 0. The van der Waals surface area contributed by atoms with Crippen molar-refractivity contribution in [2.24, 2.45) is 0 Å². The maximum atomic E-state index is 12.8. The van der Waals surface area contributed by atoms with Crippen LogP contribution in [0.5, 0.6) is 0 Å². The standard InChI is InChI=1S/C20H22N2O3S/c23-20-18-10-4-5-11-19(18)26(24,25)22(20)15-17-9-3-2-8-16(17)14-21-12-6-1-7-13-21/h2-5,8-11H,1,6-7,12-15H2. The van der Waals surface area contributed by atoms with Crippen molar-refractivity contribution in [2.75, 3.05) is 13.1 Å². The summed E-state index contributed by atoms with van der Waals surface area (Å²) in [6.07, 6.45) is 3.68. The molecular weight excluding hydrogens is 348 g/mol. The predicted octanol–water partition coefficient (Wildman–Crippen LogP) is 3.02. The second-order valence-corrected chi connectivity index (χ2v) is 8.75. The summed E-state index contributed by atoms with van der Waals surface area (Å²) in [5, 5.41) is 0. The van der Waals surface area contributed by atoms with E-state index in [1.54, 1.807) is 18.2 Å². The van der Waals surface area contributed by atoms with Gasteiger partial charge >= 0.3 is 0 Å². The molecule has 136 valence electrons. The third-order valence-corrected chi connectivity index (χ3v) is 6.97. The predicted molar refractivity (Wildman–Crippen MR) is 99.1 cm³/mol. The molecule has 5 nitrogen and oxygen atoms in total. The van der Waals surface area contributed by atoms with Crippen LogP contribution in [0.15, 0.2) is 53.4 Å². The number of benzene rings is 2. The molecule has 0 spiro atoms. The van der Waals surface area contributed by atoms with Gasteiger partial charge in [0.25, 0.3) is 15.9 Å². The molecule has 0 N–H and O–H groups in total. The summed E-state index contributed by atoms with van der Waals surface area (Å²) in [7, 11) is -3.77. The largest absolute Gasteiger partial charge is 0.299 e. The Bertz CT molecular complexity index is 934. The number of piperidine rings is 1. The highest BCUT2D eigenvalue weighted by atomic mass is 32.2. The van der Waals surface area contributed by atoms with Gasteiger partial charge in [-0.2, -0.15) is 0 Å². The second kappa shape index (κ2) is 6.85. The molecule has 2 heterocycles. The molecule has 1 saturated heterocycles. The van der Waals surface area contributed by atoms with Crippen molar-refractivity contribution < 1.29 is 13.2 Å². The zero-order valence-corrected chi connectivity index (χ0v) is 15.4. The Labute approximate surface area is 154 Å². The zero-order valence-electron chi connectivity index (χ0n) is 14.6. The van der Waals surface area contributed by atoms with E-state index in [2.05, 4.69) is 4.90 Å². The van der Waals surface area contributed by atoms with E-state index in [9.17, 15) is 13.2 Å². The Morgan fingerprint density at radius 2 is 1.42 bits per heavy atom. The van der Waals surface area contributed by atoms with Gasteiger partial charge in [0.15, 0.2) is 0 Å². The fraction of sp³-hybridized carbons (Fsp3) is 0.350. The van der Waals surface area contributed by atoms with Gasteiger partial charge in [0.1, 0.15) is 4.90 Å². The molecule has 2 aliphatic rings. The number of nitrogens with zero attached hydrogens (tertiary/aromatic N) is 2. The summed E-state index contributed by atoms with van der Waals surface area (Å²) < 4.78 is 26.6. The molecule has 26 heavy (non-hydrogen) atoms. The van der Waals surface area contributed by atoms with Gasteiger partial charge in [-0.25, -0.2) is 12.7 Å². The number of amides is 1. The highest BCUT2D eigenvalue weighted by Gasteiger charge is 2.40. The third-order valence-electron chi connectivity index (χ3n) is 5.19. The molecule has 0 saturated carbocycles. The number of carbonyl (C=O) groups is 1. The smallest absolute Gasteiger partial charge is 0.269 e. The number of likely N-dealkylation sites (tertiary alicyclic amines) is 1. The van der Waals surface area contributed by atoms with Crippen molar-refractivity contribution in [2.45, 2.75) is 37.2 Å². The number of hydrogen-bond acceptors (Lipinski definition) is 4. The SMILES string of the molecule is O=C1c2ccccc2S(=O)(=O)N1Cc1ccccc1CN1CCCCC1. The maximum Gasteiger partial charge on any atom is 0.269 e. The Hall–Kier alpha value is -2.18. The summed E-state index contributed by atoms with van der Waals surface area (Å²) >= 11 is 0. The van der Waals surface area contributed by atoms with Crippen LogP contribution >= 0.6 is 0 Å². The molecule has 0 aliphatic carbocycles. The van der Waals surface area contributed by atoms with E-state index in [0.717, 1.165) is 35.1 Å². The summed E-state index contributed by atoms with van der Waals surface area (Å²) in [6, 6.07) is 14.2. The molecule has 6 heteroatoms. The number of carbonyl (C=O) groups excluding carboxylic acids is 1. The van der Waals surface area contributed by atoms with E-state index in [4.69, 9.17) is 0 Å². The normalized spacial score (nSPS) is 19.5. The first-order chi connectivity index (χ1) is 12.6. The van der Waals surface area contributed by atoms with Crippen LogP contribution in [0.2, 0.25) is 0 Å². The van der Waals surface area contributed by atoms with E-state index >= 15 is 0 Å². The lowest BCUT2D eigenvalue weighted by molar-refractivity contribution is 0.0864. The van der Waals surface area contributed by atoms with Gasteiger partial charge in [0.05, 0.1) is 12.1 Å². The Morgan fingerprint density at radius 3 is 2.12 bits per heavy atom. The summed E-state index contributed by atoms with van der Waals surface area (Å²) in [4.78, 5) is 15.2. The van der Waals surface area contributed by atoms with Crippen LogP contribution in [0, 0.1) is 0 Å². The average Bonchev–Trinajstić information content (AvgIpc) is 2.85. The minimum atomic E-state index is -3.77. The van der Waals surface area contributed by atoms with E-state index in [0.29, 0.717) is 0 Å². The Balaban J connectivity index is 1.61. The van der Waals surface area contributed by atoms with Crippen LogP contribution in [-0.4, -0.2) is 36.6 Å². The molecule has 0 bridgehead atoms. The Morgan fingerprint density at radius 1 is 0.808 bits per heavy atom. The van der Waals surface area contributed by atoms with Crippen LogP contribution < -0.4 is 0 Å². The lowest BCUT2D eigenvalue weighted by atomic mass is 10.0. The second-order valence-electron chi connectivity index (χ2n) is 6.92. The van der Waals surface area contributed by atoms with Crippen molar-refractivity contribution in [3.05, 3.63) is 65.2 Å². The van der Waals surface area contributed by atoms with Crippen molar-refractivity contribution >= 4 is 15.9 Å². The quantitative estimate of drug-likeness (QED) is 0.830. The molecule has 2 aliphatic heterocycles.